The van der Waals surface area contributed by atoms with Gasteiger partial charge in [0.15, 0.2) is 0 Å². The van der Waals surface area contributed by atoms with Crippen molar-refractivity contribution in [2.75, 3.05) is 25.1 Å². The molecule has 0 spiro atoms. The molecular formula is C16H20N2O3. The topological polar surface area (TPSA) is 54.8 Å². The van der Waals surface area contributed by atoms with Crippen molar-refractivity contribution in [3.05, 3.63) is 24.4 Å². The minimum absolute atomic E-state index is 0.0470. The van der Waals surface area contributed by atoms with E-state index in [2.05, 4.69) is 23.7 Å². The van der Waals surface area contributed by atoms with Crippen molar-refractivity contribution in [1.82, 2.24) is 4.98 Å². The minimum atomic E-state index is 0.0470. The van der Waals surface area contributed by atoms with Crippen LogP contribution in [-0.2, 0) is 4.74 Å². The van der Waals surface area contributed by atoms with Crippen molar-refractivity contribution in [1.29, 1.82) is 0 Å². The van der Waals surface area contributed by atoms with Crippen LogP contribution in [0.15, 0.2) is 24.4 Å². The average molecular weight is 288 g/mol. The minimum Gasteiger partial charge on any atom is -0.497 e. The predicted octanol–water partition coefficient (Wildman–Crippen LogP) is 2.56. The number of nitrogens with zero attached hydrogens (tertiary/aromatic N) is 2. The second kappa shape index (κ2) is 5.41. The van der Waals surface area contributed by atoms with Gasteiger partial charge in [0.25, 0.3) is 0 Å². The number of methoxy groups -OCH3 is 1. The molecule has 5 heteroatoms. The number of ether oxygens (including phenoxy) is 2. The van der Waals surface area contributed by atoms with E-state index in [0.29, 0.717) is 0 Å². The summed E-state index contributed by atoms with van der Waals surface area (Å²) in [6.07, 6.45) is 2.06. The Hall–Kier alpha value is -2.01. The Kier molecular flexibility index (Phi) is 3.59. The molecule has 1 saturated heterocycles. The Labute approximate surface area is 124 Å². The van der Waals surface area contributed by atoms with Crippen LogP contribution >= 0.6 is 0 Å². The van der Waals surface area contributed by atoms with Crippen LogP contribution in [0.3, 0.4) is 0 Å². The highest BCUT2D eigenvalue weighted by Crippen LogP contribution is 2.34. The predicted molar refractivity (Wildman–Crippen MR) is 82.2 cm³/mol. The third-order valence-corrected chi connectivity index (χ3v) is 3.81. The standard InChI is InChI=1S/C16H20N2O3/c1-10-8-18(9-11(2)21-10)15-7-17-16(19)13-5-4-12(20-3)6-14(13)15/h4-7,10-11H,8-9H2,1-3H3,(H,17,19). The van der Waals surface area contributed by atoms with Gasteiger partial charge in [0, 0.05) is 23.9 Å². The molecule has 1 aromatic heterocycles. The van der Waals surface area contributed by atoms with Crippen molar-refractivity contribution in [3.63, 3.8) is 0 Å². The van der Waals surface area contributed by atoms with Gasteiger partial charge in [0.1, 0.15) is 5.75 Å². The summed E-state index contributed by atoms with van der Waals surface area (Å²) in [7, 11) is 1.64. The van der Waals surface area contributed by atoms with Crippen molar-refractivity contribution in [3.8, 4) is 11.6 Å². The first-order valence-corrected chi connectivity index (χ1v) is 7.14. The van der Waals surface area contributed by atoms with Crippen molar-refractivity contribution >= 4 is 16.5 Å². The summed E-state index contributed by atoms with van der Waals surface area (Å²) in [6.45, 7) is 5.75. The Balaban J connectivity index is 2.11. The zero-order valence-electron chi connectivity index (χ0n) is 12.5. The van der Waals surface area contributed by atoms with Gasteiger partial charge in [-0.25, -0.2) is 4.98 Å². The summed E-state index contributed by atoms with van der Waals surface area (Å²) < 4.78 is 11.1. The Morgan fingerprint density at radius 3 is 2.62 bits per heavy atom. The molecular weight excluding hydrogens is 268 g/mol. The van der Waals surface area contributed by atoms with E-state index in [1.54, 1.807) is 13.3 Å². The summed E-state index contributed by atoms with van der Waals surface area (Å²) in [5, 5.41) is 11.7. The molecule has 1 aliphatic heterocycles. The molecule has 1 fully saturated rings. The van der Waals surface area contributed by atoms with E-state index < -0.39 is 0 Å². The van der Waals surface area contributed by atoms with Crippen LogP contribution in [0.4, 0.5) is 5.69 Å². The molecule has 0 amide bonds. The summed E-state index contributed by atoms with van der Waals surface area (Å²) in [5.74, 6) is 0.814. The largest absolute Gasteiger partial charge is 0.497 e. The van der Waals surface area contributed by atoms with Gasteiger partial charge in [0.2, 0.25) is 5.88 Å². The monoisotopic (exact) mass is 288 g/mol. The number of pyridine rings is 1. The zero-order valence-corrected chi connectivity index (χ0v) is 12.5. The molecule has 1 aliphatic rings. The van der Waals surface area contributed by atoms with E-state index in [0.717, 1.165) is 35.3 Å². The lowest BCUT2D eigenvalue weighted by molar-refractivity contribution is -0.00514. The summed E-state index contributed by atoms with van der Waals surface area (Å²) in [5.41, 5.74) is 1.00. The maximum absolute atomic E-state index is 9.97. The smallest absolute Gasteiger partial charge is 0.218 e. The van der Waals surface area contributed by atoms with Crippen molar-refractivity contribution in [2.45, 2.75) is 26.1 Å². The van der Waals surface area contributed by atoms with Crippen LogP contribution in [0.1, 0.15) is 13.8 Å². The van der Waals surface area contributed by atoms with Gasteiger partial charge in [0.05, 0.1) is 31.2 Å². The maximum Gasteiger partial charge on any atom is 0.218 e. The maximum atomic E-state index is 9.97. The third-order valence-electron chi connectivity index (χ3n) is 3.81. The van der Waals surface area contributed by atoms with Crippen molar-refractivity contribution < 1.29 is 14.6 Å². The number of hydrogen-bond acceptors (Lipinski definition) is 5. The van der Waals surface area contributed by atoms with Gasteiger partial charge in [-0.05, 0) is 32.0 Å². The lowest BCUT2D eigenvalue weighted by Crippen LogP contribution is -2.45. The number of benzene rings is 1. The summed E-state index contributed by atoms with van der Waals surface area (Å²) in [4.78, 5) is 6.38. The number of hydrogen-bond donors (Lipinski definition) is 1. The summed E-state index contributed by atoms with van der Waals surface area (Å²) in [6, 6.07) is 5.61. The summed E-state index contributed by atoms with van der Waals surface area (Å²) >= 11 is 0. The number of anilines is 1. The SMILES string of the molecule is COc1ccc2c(O)ncc(N3CC(C)OC(C)C3)c2c1. The van der Waals surface area contributed by atoms with E-state index >= 15 is 0 Å². The second-order valence-corrected chi connectivity index (χ2v) is 5.54. The molecule has 2 aromatic rings. The van der Waals surface area contributed by atoms with E-state index in [9.17, 15) is 5.11 Å². The molecule has 2 heterocycles. The fourth-order valence-corrected chi connectivity index (χ4v) is 2.95. The van der Waals surface area contributed by atoms with Gasteiger partial charge in [-0.15, -0.1) is 0 Å². The highest BCUT2D eigenvalue weighted by atomic mass is 16.5. The molecule has 0 aliphatic carbocycles. The Bertz CT molecular complexity index is 649. The van der Waals surface area contributed by atoms with Crippen molar-refractivity contribution in [2.24, 2.45) is 0 Å². The molecule has 1 aromatic carbocycles. The molecule has 0 saturated carbocycles. The lowest BCUT2D eigenvalue weighted by atomic mass is 10.1. The van der Waals surface area contributed by atoms with E-state index in [1.165, 1.54) is 0 Å². The fraction of sp³-hybridized carbons (Fsp3) is 0.438. The average Bonchev–Trinajstić information content (AvgIpc) is 2.46. The molecule has 0 radical (unpaired) electrons. The van der Waals surface area contributed by atoms with Crippen LogP contribution in [0.5, 0.6) is 11.6 Å². The molecule has 2 atom stereocenters. The number of fused-ring (bicyclic) bond motifs is 1. The molecule has 5 nitrogen and oxygen atoms in total. The second-order valence-electron chi connectivity index (χ2n) is 5.54. The van der Waals surface area contributed by atoms with Crippen LogP contribution in [-0.4, -0.2) is 42.5 Å². The molecule has 2 unspecified atom stereocenters. The molecule has 21 heavy (non-hydrogen) atoms. The van der Waals surface area contributed by atoms with Crippen LogP contribution in [0.2, 0.25) is 0 Å². The van der Waals surface area contributed by atoms with E-state index in [4.69, 9.17) is 9.47 Å². The van der Waals surface area contributed by atoms with Crippen LogP contribution in [0, 0.1) is 0 Å². The van der Waals surface area contributed by atoms with Gasteiger partial charge >= 0.3 is 0 Å². The first-order valence-electron chi connectivity index (χ1n) is 7.14. The molecule has 0 bridgehead atoms. The number of morpholine rings is 1. The highest BCUT2D eigenvalue weighted by molar-refractivity contribution is 5.97. The van der Waals surface area contributed by atoms with Crippen LogP contribution < -0.4 is 9.64 Å². The number of aromatic hydroxyl groups is 1. The molecule has 3 rings (SSSR count). The number of rotatable bonds is 2. The zero-order chi connectivity index (χ0) is 15.0. The first kappa shape index (κ1) is 13.9. The Morgan fingerprint density at radius 1 is 1.24 bits per heavy atom. The number of aromatic nitrogens is 1. The van der Waals surface area contributed by atoms with Crippen LogP contribution in [0.25, 0.3) is 10.8 Å². The normalized spacial score (nSPS) is 22.5. The van der Waals surface area contributed by atoms with Gasteiger partial charge in [-0.1, -0.05) is 0 Å². The lowest BCUT2D eigenvalue weighted by Gasteiger charge is -2.37. The molecule has 1 N–H and O–H groups in total. The van der Waals surface area contributed by atoms with E-state index in [-0.39, 0.29) is 18.1 Å². The van der Waals surface area contributed by atoms with Gasteiger partial charge < -0.3 is 19.5 Å². The third kappa shape index (κ3) is 2.61. The van der Waals surface area contributed by atoms with Gasteiger partial charge in [-0.2, -0.15) is 0 Å². The first-order chi connectivity index (χ1) is 10.1. The Morgan fingerprint density at radius 2 is 1.95 bits per heavy atom. The highest BCUT2D eigenvalue weighted by Gasteiger charge is 2.24. The molecule has 112 valence electrons. The van der Waals surface area contributed by atoms with Gasteiger partial charge in [-0.3, -0.25) is 0 Å². The fourth-order valence-electron chi connectivity index (χ4n) is 2.95. The quantitative estimate of drug-likeness (QED) is 0.920. The van der Waals surface area contributed by atoms with E-state index in [1.807, 2.05) is 18.2 Å².